The minimum absolute atomic E-state index is 0.173. The quantitative estimate of drug-likeness (QED) is 0.787. The van der Waals surface area contributed by atoms with E-state index in [1.807, 2.05) is 37.8 Å². The second kappa shape index (κ2) is 7.95. The number of likely N-dealkylation sites (tertiary alicyclic amines) is 2. The smallest absolute Gasteiger partial charge is 0.410 e. The number of rotatable bonds is 3. The molecule has 2 heterocycles. The van der Waals surface area contributed by atoms with Crippen LogP contribution in [0, 0.1) is 11.7 Å². The summed E-state index contributed by atoms with van der Waals surface area (Å²) in [6.07, 6.45) is 4.18. The molecule has 0 N–H and O–H groups in total. The van der Waals surface area contributed by atoms with Gasteiger partial charge in [0.2, 0.25) is 0 Å². The van der Waals surface area contributed by atoms with E-state index >= 15 is 0 Å². The molecule has 1 atom stereocenters. The fourth-order valence-corrected chi connectivity index (χ4v) is 4.06. The molecule has 0 aliphatic carbocycles. The van der Waals surface area contributed by atoms with Crippen molar-refractivity contribution in [3.8, 4) is 0 Å². The standard InChI is InChI=1S/C21H31FN2O2/c1-21(2,3)26-20(25)23-13-10-16(11-14-23)15-24-12-4-5-19(24)17-6-8-18(22)9-7-17/h6-9,16,19H,4-5,10-15H2,1-3H3/t19-/m0/s1. The van der Waals surface area contributed by atoms with Crippen molar-refractivity contribution in [3.05, 3.63) is 35.6 Å². The van der Waals surface area contributed by atoms with Crippen molar-refractivity contribution in [1.82, 2.24) is 9.80 Å². The van der Waals surface area contributed by atoms with Crippen LogP contribution in [0.4, 0.5) is 9.18 Å². The summed E-state index contributed by atoms with van der Waals surface area (Å²) in [5.74, 6) is 0.433. The first-order valence-electron chi connectivity index (χ1n) is 9.79. The molecule has 2 aliphatic rings. The zero-order valence-electron chi connectivity index (χ0n) is 16.2. The van der Waals surface area contributed by atoms with Crippen molar-refractivity contribution < 1.29 is 13.9 Å². The molecule has 26 heavy (non-hydrogen) atoms. The topological polar surface area (TPSA) is 32.8 Å². The van der Waals surface area contributed by atoms with Crippen molar-refractivity contribution in [2.45, 2.75) is 58.1 Å². The molecule has 1 amide bonds. The van der Waals surface area contributed by atoms with Gasteiger partial charge in [-0.3, -0.25) is 4.90 Å². The maximum atomic E-state index is 13.2. The first-order valence-corrected chi connectivity index (χ1v) is 9.79. The van der Waals surface area contributed by atoms with Gasteiger partial charge >= 0.3 is 6.09 Å². The predicted octanol–water partition coefficient (Wildman–Crippen LogP) is 4.61. The summed E-state index contributed by atoms with van der Waals surface area (Å²) in [5, 5.41) is 0. The second-order valence-corrected chi connectivity index (χ2v) is 8.62. The molecule has 5 heteroatoms. The van der Waals surface area contributed by atoms with Crippen LogP contribution >= 0.6 is 0 Å². The largest absolute Gasteiger partial charge is 0.444 e. The fourth-order valence-electron chi connectivity index (χ4n) is 4.06. The number of carbonyl (C=O) groups is 1. The molecule has 0 spiro atoms. The van der Waals surface area contributed by atoms with E-state index in [-0.39, 0.29) is 11.9 Å². The van der Waals surface area contributed by atoms with Gasteiger partial charge in [0, 0.05) is 25.7 Å². The van der Waals surface area contributed by atoms with Gasteiger partial charge in [-0.1, -0.05) is 12.1 Å². The zero-order valence-corrected chi connectivity index (χ0v) is 16.2. The van der Waals surface area contributed by atoms with Gasteiger partial charge in [0.05, 0.1) is 0 Å². The normalized spacial score (nSPS) is 22.6. The van der Waals surface area contributed by atoms with E-state index in [0.717, 1.165) is 45.4 Å². The summed E-state index contributed by atoms with van der Waals surface area (Å²) in [7, 11) is 0. The van der Waals surface area contributed by atoms with Gasteiger partial charge in [0.25, 0.3) is 0 Å². The number of hydrogen-bond donors (Lipinski definition) is 0. The molecule has 0 radical (unpaired) electrons. The number of piperidine rings is 1. The number of nitrogens with zero attached hydrogens (tertiary/aromatic N) is 2. The monoisotopic (exact) mass is 362 g/mol. The molecule has 4 nitrogen and oxygen atoms in total. The lowest BCUT2D eigenvalue weighted by Crippen LogP contribution is -2.43. The Balaban J connectivity index is 1.51. The summed E-state index contributed by atoms with van der Waals surface area (Å²) < 4.78 is 18.7. The van der Waals surface area contributed by atoms with E-state index in [1.54, 1.807) is 12.1 Å². The molecule has 3 rings (SSSR count). The van der Waals surface area contributed by atoms with Crippen LogP contribution in [-0.2, 0) is 4.74 Å². The van der Waals surface area contributed by atoms with E-state index in [1.165, 1.54) is 12.0 Å². The molecular formula is C21H31FN2O2. The predicted molar refractivity (Wildman–Crippen MR) is 100 cm³/mol. The van der Waals surface area contributed by atoms with Crippen LogP contribution in [0.2, 0.25) is 0 Å². The Hall–Kier alpha value is -1.62. The van der Waals surface area contributed by atoms with Gasteiger partial charge in [-0.25, -0.2) is 9.18 Å². The number of hydrogen-bond acceptors (Lipinski definition) is 3. The number of halogens is 1. The van der Waals surface area contributed by atoms with Crippen LogP contribution in [0.3, 0.4) is 0 Å². The number of amides is 1. The summed E-state index contributed by atoms with van der Waals surface area (Å²) in [6, 6.07) is 7.36. The summed E-state index contributed by atoms with van der Waals surface area (Å²) in [6.45, 7) is 9.42. The highest BCUT2D eigenvalue weighted by atomic mass is 19.1. The van der Waals surface area contributed by atoms with Gasteiger partial charge in [0.1, 0.15) is 11.4 Å². The summed E-state index contributed by atoms with van der Waals surface area (Å²) in [5.41, 5.74) is 0.779. The average Bonchev–Trinajstić information content (AvgIpc) is 3.03. The van der Waals surface area contributed by atoms with Crippen molar-refractivity contribution in [2.24, 2.45) is 5.92 Å². The first-order chi connectivity index (χ1) is 12.3. The molecular weight excluding hydrogens is 331 g/mol. The minimum atomic E-state index is -0.439. The van der Waals surface area contributed by atoms with Gasteiger partial charge in [-0.05, 0) is 76.6 Å². The molecule has 0 unspecified atom stereocenters. The summed E-state index contributed by atoms with van der Waals surface area (Å²) in [4.78, 5) is 16.6. The molecule has 0 aromatic heterocycles. The number of ether oxygens (including phenoxy) is 1. The molecule has 2 saturated heterocycles. The van der Waals surface area contributed by atoms with Crippen LogP contribution < -0.4 is 0 Å². The molecule has 2 aliphatic heterocycles. The fraction of sp³-hybridized carbons (Fsp3) is 0.667. The van der Waals surface area contributed by atoms with Crippen molar-refractivity contribution >= 4 is 6.09 Å². The zero-order chi connectivity index (χ0) is 18.7. The Labute approximate surface area is 156 Å². The van der Waals surface area contributed by atoms with E-state index in [9.17, 15) is 9.18 Å². The van der Waals surface area contributed by atoms with E-state index < -0.39 is 5.60 Å². The summed E-state index contributed by atoms with van der Waals surface area (Å²) >= 11 is 0. The number of benzene rings is 1. The highest BCUT2D eigenvalue weighted by Crippen LogP contribution is 2.34. The first kappa shape index (κ1) is 19.2. The third kappa shape index (κ3) is 4.97. The van der Waals surface area contributed by atoms with Gasteiger partial charge in [-0.15, -0.1) is 0 Å². The van der Waals surface area contributed by atoms with Crippen molar-refractivity contribution in [1.29, 1.82) is 0 Å². The molecule has 2 fully saturated rings. The second-order valence-electron chi connectivity index (χ2n) is 8.62. The van der Waals surface area contributed by atoms with Gasteiger partial charge in [-0.2, -0.15) is 0 Å². The van der Waals surface area contributed by atoms with Crippen LogP contribution in [-0.4, -0.2) is 47.7 Å². The highest BCUT2D eigenvalue weighted by molar-refractivity contribution is 5.68. The lowest BCUT2D eigenvalue weighted by Gasteiger charge is -2.36. The van der Waals surface area contributed by atoms with E-state index in [4.69, 9.17) is 4.74 Å². The lowest BCUT2D eigenvalue weighted by molar-refractivity contribution is 0.0167. The Bertz CT molecular complexity index is 603. The Morgan fingerprint density at radius 2 is 1.77 bits per heavy atom. The Morgan fingerprint density at radius 1 is 1.12 bits per heavy atom. The SMILES string of the molecule is CC(C)(C)OC(=O)N1CCC(CN2CCC[C@H]2c2ccc(F)cc2)CC1. The third-order valence-electron chi connectivity index (χ3n) is 5.38. The molecule has 144 valence electrons. The van der Waals surface area contributed by atoms with Crippen LogP contribution in [0.15, 0.2) is 24.3 Å². The number of carbonyl (C=O) groups excluding carboxylic acids is 1. The van der Waals surface area contributed by atoms with Crippen LogP contribution in [0.1, 0.15) is 58.1 Å². The van der Waals surface area contributed by atoms with E-state index in [0.29, 0.717) is 12.0 Å². The van der Waals surface area contributed by atoms with Gasteiger partial charge < -0.3 is 9.64 Å². The van der Waals surface area contributed by atoms with Gasteiger partial charge in [0.15, 0.2) is 0 Å². The Morgan fingerprint density at radius 3 is 2.38 bits per heavy atom. The maximum Gasteiger partial charge on any atom is 0.410 e. The molecule has 1 aromatic carbocycles. The highest BCUT2D eigenvalue weighted by Gasteiger charge is 2.31. The molecule has 0 bridgehead atoms. The van der Waals surface area contributed by atoms with Crippen molar-refractivity contribution in [3.63, 3.8) is 0 Å². The Kier molecular flexibility index (Phi) is 5.86. The maximum absolute atomic E-state index is 13.2. The van der Waals surface area contributed by atoms with Crippen LogP contribution in [0.25, 0.3) is 0 Å². The minimum Gasteiger partial charge on any atom is -0.444 e. The van der Waals surface area contributed by atoms with Crippen molar-refractivity contribution in [2.75, 3.05) is 26.2 Å². The molecule has 1 aromatic rings. The van der Waals surface area contributed by atoms with Crippen LogP contribution in [0.5, 0.6) is 0 Å². The molecule has 0 saturated carbocycles. The average molecular weight is 362 g/mol. The van der Waals surface area contributed by atoms with E-state index in [2.05, 4.69) is 4.90 Å². The third-order valence-corrected chi connectivity index (χ3v) is 5.38. The lowest BCUT2D eigenvalue weighted by atomic mass is 9.95.